The molecule has 0 N–H and O–H groups in total. The van der Waals surface area contributed by atoms with Gasteiger partial charge in [-0.25, -0.2) is 4.18 Å². The SMILES string of the molecule is CC(C)OS(=O)(=O)Oc1ccccc1.[NaH]. The summed E-state index contributed by atoms with van der Waals surface area (Å²) in [5.74, 6) is 0.244. The van der Waals surface area contributed by atoms with Gasteiger partial charge < -0.3 is 4.18 Å². The minimum absolute atomic E-state index is 0. The molecule has 0 heterocycles. The molecule has 0 atom stereocenters. The van der Waals surface area contributed by atoms with Crippen LogP contribution in [-0.4, -0.2) is 44.1 Å². The predicted molar refractivity (Wildman–Crippen MR) is 59.4 cm³/mol. The van der Waals surface area contributed by atoms with E-state index in [4.69, 9.17) is 0 Å². The summed E-state index contributed by atoms with van der Waals surface area (Å²) in [7, 11) is -3.93. The van der Waals surface area contributed by atoms with Crippen molar-refractivity contribution in [3.05, 3.63) is 30.3 Å². The molecule has 0 spiro atoms. The molecule has 0 aliphatic heterocycles. The van der Waals surface area contributed by atoms with Crippen molar-refractivity contribution < 1.29 is 16.8 Å². The third kappa shape index (κ3) is 6.17. The van der Waals surface area contributed by atoms with Gasteiger partial charge in [0.15, 0.2) is 0 Å². The van der Waals surface area contributed by atoms with Gasteiger partial charge in [0, 0.05) is 0 Å². The van der Waals surface area contributed by atoms with Crippen LogP contribution in [0.3, 0.4) is 0 Å². The Morgan fingerprint density at radius 1 is 1.13 bits per heavy atom. The summed E-state index contributed by atoms with van der Waals surface area (Å²) in [5.41, 5.74) is 0. The monoisotopic (exact) mass is 240 g/mol. The minimum atomic E-state index is -3.93. The molecule has 1 aromatic rings. The van der Waals surface area contributed by atoms with Gasteiger partial charge in [-0.1, -0.05) is 18.2 Å². The molecule has 0 bridgehead atoms. The van der Waals surface area contributed by atoms with E-state index in [1.165, 1.54) is 0 Å². The normalized spacial score (nSPS) is 10.9. The van der Waals surface area contributed by atoms with E-state index in [9.17, 15) is 8.42 Å². The second-order valence-corrected chi connectivity index (χ2v) is 4.13. The van der Waals surface area contributed by atoms with Gasteiger partial charge in [-0.05, 0) is 26.0 Å². The summed E-state index contributed by atoms with van der Waals surface area (Å²) in [6.45, 7) is 3.23. The zero-order valence-corrected chi connectivity index (χ0v) is 8.82. The molecule has 0 fully saturated rings. The van der Waals surface area contributed by atoms with Crippen LogP contribution in [0.1, 0.15) is 13.8 Å². The topological polar surface area (TPSA) is 52.6 Å². The average Bonchev–Trinajstić information content (AvgIpc) is 2.02. The third-order valence-electron chi connectivity index (χ3n) is 1.25. The first-order valence-electron chi connectivity index (χ1n) is 4.17. The van der Waals surface area contributed by atoms with Gasteiger partial charge in [0.25, 0.3) is 0 Å². The van der Waals surface area contributed by atoms with Crippen LogP contribution in [0.15, 0.2) is 30.3 Å². The van der Waals surface area contributed by atoms with Crippen molar-refractivity contribution in [1.82, 2.24) is 0 Å². The van der Waals surface area contributed by atoms with E-state index in [1.54, 1.807) is 44.2 Å². The maximum atomic E-state index is 11.2. The van der Waals surface area contributed by atoms with E-state index < -0.39 is 16.5 Å². The van der Waals surface area contributed by atoms with E-state index in [1.807, 2.05) is 0 Å². The third-order valence-corrected chi connectivity index (χ3v) is 2.27. The molecule has 0 saturated heterocycles. The van der Waals surface area contributed by atoms with Gasteiger partial charge in [-0.2, -0.15) is 8.42 Å². The summed E-state index contributed by atoms with van der Waals surface area (Å²) in [6, 6.07) is 8.21. The van der Waals surface area contributed by atoms with Crippen LogP contribution >= 0.6 is 0 Å². The number of hydrogen-bond acceptors (Lipinski definition) is 4. The van der Waals surface area contributed by atoms with Crippen molar-refractivity contribution in [2.75, 3.05) is 0 Å². The molecule has 0 aliphatic rings. The fourth-order valence-corrected chi connectivity index (χ4v) is 1.71. The molecule has 6 heteroatoms. The zero-order valence-electron chi connectivity index (χ0n) is 8.01. The molecule has 0 aliphatic carbocycles. The van der Waals surface area contributed by atoms with E-state index in [-0.39, 0.29) is 35.3 Å². The van der Waals surface area contributed by atoms with Crippen molar-refractivity contribution in [1.29, 1.82) is 0 Å². The Morgan fingerprint density at radius 3 is 2.13 bits per heavy atom. The van der Waals surface area contributed by atoms with Crippen LogP contribution in [-0.2, 0) is 14.6 Å². The Hall–Kier alpha value is -0.0700. The molecule has 80 valence electrons. The molecule has 15 heavy (non-hydrogen) atoms. The summed E-state index contributed by atoms with van der Waals surface area (Å²) >= 11 is 0. The predicted octanol–water partition coefficient (Wildman–Crippen LogP) is 1.09. The Kier molecular flexibility index (Phi) is 6.47. The fraction of sp³-hybridized carbons (Fsp3) is 0.333. The summed E-state index contributed by atoms with van der Waals surface area (Å²) in [6.07, 6.45) is -0.427. The van der Waals surface area contributed by atoms with Gasteiger partial charge in [0.2, 0.25) is 0 Å². The van der Waals surface area contributed by atoms with Gasteiger partial charge in [0.1, 0.15) is 5.75 Å². The van der Waals surface area contributed by atoms with Crippen LogP contribution in [0.25, 0.3) is 0 Å². The molecule has 1 rings (SSSR count). The number of hydrogen-bond donors (Lipinski definition) is 0. The maximum absolute atomic E-state index is 11.2. The van der Waals surface area contributed by atoms with E-state index in [0.29, 0.717) is 0 Å². The van der Waals surface area contributed by atoms with Crippen LogP contribution in [0, 0.1) is 0 Å². The molecule has 0 aromatic heterocycles. The standard InChI is InChI=1S/C9H12O4S.Na.H/c1-8(2)12-14(10,11)13-9-6-4-3-5-7-9;;/h3-8H,1-2H3;;. The van der Waals surface area contributed by atoms with Crippen molar-refractivity contribution in [2.45, 2.75) is 20.0 Å². The first kappa shape index (κ1) is 14.9. The Bertz CT molecular complexity index is 374. The van der Waals surface area contributed by atoms with Crippen molar-refractivity contribution in [3.63, 3.8) is 0 Å². The first-order valence-corrected chi connectivity index (χ1v) is 5.51. The van der Waals surface area contributed by atoms with Gasteiger partial charge in [-0.15, -0.1) is 0 Å². The first-order chi connectivity index (χ1) is 6.49. The number of benzene rings is 1. The molecular formula is C9H13NaO4S. The second-order valence-electron chi connectivity index (χ2n) is 2.95. The van der Waals surface area contributed by atoms with E-state index in [0.717, 1.165) is 0 Å². The van der Waals surface area contributed by atoms with Crippen LogP contribution in [0.2, 0.25) is 0 Å². The summed E-state index contributed by atoms with van der Waals surface area (Å²) < 4.78 is 31.6. The number of rotatable bonds is 4. The van der Waals surface area contributed by atoms with Gasteiger partial charge in [0.05, 0.1) is 6.10 Å². The molecule has 0 radical (unpaired) electrons. The summed E-state index contributed by atoms with van der Waals surface area (Å²) in [5, 5.41) is 0. The molecule has 0 saturated carbocycles. The van der Waals surface area contributed by atoms with Gasteiger partial charge in [-0.3, -0.25) is 0 Å². The van der Waals surface area contributed by atoms with Crippen molar-refractivity contribution in [2.24, 2.45) is 0 Å². The molecule has 4 nitrogen and oxygen atoms in total. The summed E-state index contributed by atoms with van der Waals surface area (Å²) in [4.78, 5) is 0. The molecular weight excluding hydrogens is 227 g/mol. The van der Waals surface area contributed by atoms with Crippen molar-refractivity contribution in [3.8, 4) is 5.75 Å². The Morgan fingerprint density at radius 2 is 1.67 bits per heavy atom. The van der Waals surface area contributed by atoms with Gasteiger partial charge >= 0.3 is 40.0 Å². The van der Waals surface area contributed by atoms with Crippen LogP contribution in [0.4, 0.5) is 0 Å². The number of para-hydroxylation sites is 1. The van der Waals surface area contributed by atoms with E-state index in [2.05, 4.69) is 8.37 Å². The quantitative estimate of drug-likeness (QED) is 0.739. The fourth-order valence-electron chi connectivity index (χ4n) is 0.849. The van der Waals surface area contributed by atoms with Crippen LogP contribution in [0.5, 0.6) is 5.75 Å². The van der Waals surface area contributed by atoms with E-state index >= 15 is 0 Å². The average molecular weight is 240 g/mol. The van der Waals surface area contributed by atoms with Crippen LogP contribution < -0.4 is 4.18 Å². The molecule has 0 amide bonds. The second kappa shape index (κ2) is 6.50. The zero-order chi connectivity index (χ0) is 10.6. The Labute approximate surface area is 112 Å². The molecule has 1 aromatic carbocycles. The Balaban J connectivity index is 0.00000196. The van der Waals surface area contributed by atoms with Crippen molar-refractivity contribution >= 4 is 40.0 Å². The molecule has 0 unspecified atom stereocenters.